The van der Waals surface area contributed by atoms with Gasteiger partial charge in [0, 0.05) is 30.7 Å². The van der Waals surface area contributed by atoms with Gasteiger partial charge in [-0.25, -0.2) is 14.8 Å². The molecule has 1 aliphatic rings. The summed E-state index contributed by atoms with van der Waals surface area (Å²) in [6.45, 7) is 1.57. The number of carbonyl (C=O) groups excluding carboxylic acids is 1. The monoisotopic (exact) mass is 365 g/mol. The lowest BCUT2D eigenvalue weighted by molar-refractivity contribution is 0.0696. The number of nitrogens with zero attached hydrogens (tertiary/aromatic N) is 4. The molecule has 138 valence electrons. The van der Waals surface area contributed by atoms with Crippen LogP contribution in [0.2, 0.25) is 0 Å². The third-order valence-electron chi connectivity index (χ3n) is 4.88. The maximum atomic E-state index is 12.1. The van der Waals surface area contributed by atoms with Crippen molar-refractivity contribution in [3.63, 3.8) is 0 Å². The van der Waals surface area contributed by atoms with Crippen molar-refractivity contribution in [2.75, 3.05) is 5.32 Å². The fourth-order valence-corrected chi connectivity index (χ4v) is 3.58. The average molecular weight is 365 g/mol. The molecule has 1 fully saturated rings. The fourth-order valence-electron chi connectivity index (χ4n) is 3.58. The lowest BCUT2D eigenvalue weighted by Gasteiger charge is -2.16. The van der Waals surface area contributed by atoms with Gasteiger partial charge in [0.05, 0.1) is 11.3 Å². The average Bonchev–Trinajstić information content (AvgIpc) is 3.29. The van der Waals surface area contributed by atoms with Crippen LogP contribution < -0.4 is 5.32 Å². The van der Waals surface area contributed by atoms with E-state index in [0.717, 1.165) is 36.7 Å². The molecule has 8 nitrogen and oxygen atoms in total. The highest BCUT2D eigenvalue weighted by Crippen LogP contribution is 2.34. The predicted octanol–water partition coefficient (Wildman–Crippen LogP) is 3.59. The van der Waals surface area contributed by atoms with E-state index in [4.69, 9.17) is 5.11 Å². The molecule has 0 saturated heterocycles. The quantitative estimate of drug-likeness (QED) is 0.665. The van der Waals surface area contributed by atoms with Crippen LogP contribution in [0.5, 0.6) is 0 Å². The third-order valence-corrected chi connectivity index (χ3v) is 4.88. The first-order chi connectivity index (χ1) is 13.0. The first kappa shape index (κ1) is 17.1. The van der Waals surface area contributed by atoms with Gasteiger partial charge in [-0.15, -0.1) is 0 Å². The molecule has 27 heavy (non-hydrogen) atoms. The molecule has 2 N–H and O–H groups in total. The summed E-state index contributed by atoms with van der Waals surface area (Å²) in [6, 6.07) is 5.15. The van der Waals surface area contributed by atoms with Gasteiger partial charge in [0.25, 0.3) is 0 Å². The summed E-state index contributed by atoms with van der Waals surface area (Å²) in [5, 5.41) is 12.8. The SMILES string of the molecule is CC(=O)c1cc2cnc(Nc3ccc(C(=O)O)cn3)nc2n1C1CCCC1. The molecule has 1 aliphatic carbocycles. The number of hydrogen-bond acceptors (Lipinski definition) is 6. The molecule has 1 saturated carbocycles. The van der Waals surface area contributed by atoms with Crippen molar-refractivity contribution in [1.82, 2.24) is 19.5 Å². The summed E-state index contributed by atoms with van der Waals surface area (Å²) in [5.74, 6) is -0.214. The Hall–Kier alpha value is -3.29. The van der Waals surface area contributed by atoms with Crippen molar-refractivity contribution in [3.8, 4) is 0 Å². The number of anilines is 2. The molecule has 3 aromatic heterocycles. The number of aromatic nitrogens is 4. The number of carbonyl (C=O) groups is 2. The minimum atomic E-state index is -1.03. The zero-order chi connectivity index (χ0) is 19.0. The van der Waals surface area contributed by atoms with E-state index in [1.165, 1.54) is 12.3 Å². The molecule has 0 aromatic carbocycles. The second-order valence-electron chi connectivity index (χ2n) is 6.73. The zero-order valence-electron chi connectivity index (χ0n) is 14.8. The summed E-state index contributed by atoms with van der Waals surface area (Å²) in [6.07, 6.45) is 7.34. The molecular formula is C19H19N5O3. The molecule has 0 radical (unpaired) electrons. The number of carboxylic acids is 1. The summed E-state index contributed by atoms with van der Waals surface area (Å²) < 4.78 is 2.04. The second kappa shape index (κ2) is 6.79. The Balaban J connectivity index is 1.71. The first-order valence-corrected chi connectivity index (χ1v) is 8.88. The highest BCUT2D eigenvalue weighted by atomic mass is 16.4. The van der Waals surface area contributed by atoms with Crippen LogP contribution in [0.25, 0.3) is 11.0 Å². The molecule has 4 rings (SSSR count). The number of carboxylic acid groups (broad SMARTS) is 1. The maximum Gasteiger partial charge on any atom is 0.337 e. The fraction of sp³-hybridized carbons (Fsp3) is 0.316. The van der Waals surface area contributed by atoms with Crippen LogP contribution in [0.15, 0.2) is 30.6 Å². The van der Waals surface area contributed by atoms with E-state index in [1.807, 2.05) is 10.6 Å². The van der Waals surface area contributed by atoms with E-state index < -0.39 is 5.97 Å². The van der Waals surface area contributed by atoms with E-state index in [2.05, 4.69) is 20.3 Å². The highest BCUT2D eigenvalue weighted by Gasteiger charge is 2.24. The standard InChI is InChI=1S/C19H19N5O3/c1-11(25)15-8-13-10-21-19(22-16-7-6-12(9-20-16)18(26)27)23-17(13)24(15)14-4-2-3-5-14/h6-10,14H,2-5H2,1H3,(H,26,27)(H,20,21,22,23). The third kappa shape index (κ3) is 3.25. The molecule has 0 atom stereocenters. The van der Waals surface area contributed by atoms with Gasteiger partial charge < -0.3 is 15.0 Å². The van der Waals surface area contributed by atoms with Gasteiger partial charge in [-0.2, -0.15) is 4.98 Å². The van der Waals surface area contributed by atoms with Crippen molar-refractivity contribution >= 4 is 34.6 Å². The Morgan fingerprint density at radius 1 is 1.19 bits per heavy atom. The van der Waals surface area contributed by atoms with Crippen molar-refractivity contribution in [2.45, 2.75) is 38.6 Å². The molecule has 0 amide bonds. The largest absolute Gasteiger partial charge is 0.478 e. The summed E-state index contributed by atoms with van der Waals surface area (Å²) in [5.41, 5.74) is 1.50. The highest BCUT2D eigenvalue weighted by molar-refractivity contribution is 5.98. The number of nitrogens with one attached hydrogen (secondary N) is 1. The minimum Gasteiger partial charge on any atom is -0.478 e. The number of pyridine rings is 1. The van der Waals surface area contributed by atoms with Crippen molar-refractivity contribution in [3.05, 3.63) is 41.9 Å². The van der Waals surface area contributed by atoms with E-state index in [1.54, 1.807) is 19.2 Å². The number of rotatable bonds is 5. The summed E-state index contributed by atoms with van der Waals surface area (Å²) >= 11 is 0. The topological polar surface area (TPSA) is 110 Å². The smallest absolute Gasteiger partial charge is 0.337 e. The van der Waals surface area contributed by atoms with E-state index in [-0.39, 0.29) is 17.4 Å². The van der Waals surface area contributed by atoms with Gasteiger partial charge in [0.1, 0.15) is 11.5 Å². The Labute approximate surface area is 155 Å². The molecule has 0 unspecified atom stereocenters. The van der Waals surface area contributed by atoms with Crippen LogP contribution in [0, 0.1) is 0 Å². The number of hydrogen-bond donors (Lipinski definition) is 2. The van der Waals surface area contributed by atoms with Crippen LogP contribution in [0.4, 0.5) is 11.8 Å². The summed E-state index contributed by atoms with van der Waals surface area (Å²) in [7, 11) is 0. The molecule has 3 aromatic rings. The Kier molecular flexibility index (Phi) is 4.31. The van der Waals surface area contributed by atoms with Gasteiger partial charge in [-0.1, -0.05) is 12.8 Å². The Bertz CT molecular complexity index is 1020. The molecule has 0 aliphatic heterocycles. The van der Waals surface area contributed by atoms with Gasteiger partial charge in [0.2, 0.25) is 5.95 Å². The van der Waals surface area contributed by atoms with E-state index >= 15 is 0 Å². The number of aromatic carboxylic acids is 1. The Morgan fingerprint density at radius 2 is 1.96 bits per heavy atom. The molecular weight excluding hydrogens is 346 g/mol. The molecule has 0 spiro atoms. The minimum absolute atomic E-state index is 0.0142. The number of Topliss-reactive ketones (excluding diaryl/α,β-unsaturated/α-hetero) is 1. The maximum absolute atomic E-state index is 12.1. The van der Waals surface area contributed by atoms with Crippen molar-refractivity contribution in [2.24, 2.45) is 0 Å². The summed E-state index contributed by atoms with van der Waals surface area (Å²) in [4.78, 5) is 36.0. The molecule has 3 heterocycles. The Morgan fingerprint density at radius 3 is 2.59 bits per heavy atom. The van der Waals surface area contributed by atoms with E-state index in [9.17, 15) is 9.59 Å². The lowest BCUT2D eigenvalue weighted by atomic mass is 10.2. The van der Waals surface area contributed by atoms with E-state index in [0.29, 0.717) is 17.5 Å². The van der Waals surface area contributed by atoms with Gasteiger partial charge in [-0.3, -0.25) is 4.79 Å². The van der Waals surface area contributed by atoms with Crippen LogP contribution in [-0.4, -0.2) is 36.4 Å². The van der Waals surface area contributed by atoms with Gasteiger partial charge >= 0.3 is 5.97 Å². The first-order valence-electron chi connectivity index (χ1n) is 8.88. The normalized spacial score (nSPS) is 14.6. The van der Waals surface area contributed by atoms with Gasteiger partial charge in [-0.05, 0) is 31.0 Å². The number of fused-ring (bicyclic) bond motifs is 1. The van der Waals surface area contributed by atoms with Crippen molar-refractivity contribution in [1.29, 1.82) is 0 Å². The second-order valence-corrected chi connectivity index (χ2v) is 6.73. The van der Waals surface area contributed by atoms with Crippen LogP contribution >= 0.6 is 0 Å². The predicted molar refractivity (Wildman–Crippen MR) is 99.5 cm³/mol. The van der Waals surface area contributed by atoms with Crippen LogP contribution in [0.1, 0.15) is 59.5 Å². The van der Waals surface area contributed by atoms with Gasteiger partial charge in [0.15, 0.2) is 5.78 Å². The molecule has 0 bridgehead atoms. The number of ketones is 1. The van der Waals surface area contributed by atoms with Crippen molar-refractivity contribution < 1.29 is 14.7 Å². The lowest BCUT2D eigenvalue weighted by Crippen LogP contribution is -2.12. The van der Waals surface area contributed by atoms with Crippen LogP contribution in [-0.2, 0) is 0 Å². The zero-order valence-corrected chi connectivity index (χ0v) is 14.8. The molecule has 8 heteroatoms. The van der Waals surface area contributed by atoms with Crippen LogP contribution in [0.3, 0.4) is 0 Å².